The monoisotopic (exact) mass is 277 g/mol. The lowest BCUT2D eigenvalue weighted by Crippen LogP contribution is -2.24. The third-order valence-electron chi connectivity index (χ3n) is 3.71. The number of hydrogen-bond acceptors (Lipinski definition) is 4. The maximum Gasteiger partial charge on any atom is 0.338 e. The van der Waals surface area contributed by atoms with Crippen molar-refractivity contribution in [2.45, 2.75) is 45.6 Å². The van der Waals surface area contributed by atoms with E-state index in [9.17, 15) is 4.79 Å². The lowest BCUT2D eigenvalue weighted by molar-refractivity contribution is 0.0155. The number of hydrogen-bond donors (Lipinski definition) is 1. The Morgan fingerprint density at radius 2 is 2.20 bits per heavy atom. The first kappa shape index (κ1) is 14.7. The minimum atomic E-state index is -0.293. The number of nitrogens with two attached hydrogens (primary N) is 1. The minimum Gasteiger partial charge on any atom is -0.492 e. The van der Waals surface area contributed by atoms with Gasteiger partial charge in [-0.15, -0.1) is 0 Å². The van der Waals surface area contributed by atoms with Gasteiger partial charge in [-0.1, -0.05) is 13.3 Å². The topological polar surface area (TPSA) is 61.5 Å². The van der Waals surface area contributed by atoms with Crippen molar-refractivity contribution in [1.82, 2.24) is 0 Å². The number of ether oxygens (including phenoxy) is 2. The molecule has 1 aliphatic carbocycles. The molecule has 0 aromatic heterocycles. The van der Waals surface area contributed by atoms with E-state index in [1.807, 2.05) is 6.92 Å². The smallest absolute Gasteiger partial charge is 0.338 e. The zero-order valence-corrected chi connectivity index (χ0v) is 12.2. The molecule has 1 aliphatic rings. The predicted octanol–water partition coefficient (Wildman–Crippen LogP) is 3.40. The van der Waals surface area contributed by atoms with E-state index in [1.165, 1.54) is 6.42 Å². The number of carbonyl (C=O) groups excluding carboxylic acids is 1. The lowest BCUT2D eigenvalue weighted by atomic mass is 9.89. The highest BCUT2D eigenvalue weighted by atomic mass is 16.5. The van der Waals surface area contributed by atoms with Gasteiger partial charge in [0.05, 0.1) is 17.9 Å². The summed E-state index contributed by atoms with van der Waals surface area (Å²) in [5.41, 5.74) is 6.83. The summed E-state index contributed by atoms with van der Waals surface area (Å²) in [6, 6.07) is 5.05. The molecular formula is C16H23NO3. The first-order valence-electron chi connectivity index (χ1n) is 7.33. The summed E-state index contributed by atoms with van der Waals surface area (Å²) in [6.07, 6.45) is 4.31. The Morgan fingerprint density at radius 1 is 1.40 bits per heavy atom. The van der Waals surface area contributed by atoms with Gasteiger partial charge in [0, 0.05) is 0 Å². The third-order valence-corrected chi connectivity index (χ3v) is 3.71. The van der Waals surface area contributed by atoms with E-state index in [-0.39, 0.29) is 12.1 Å². The first-order chi connectivity index (χ1) is 9.60. The van der Waals surface area contributed by atoms with E-state index in [2.05, 4.69) is 6.92 Å². The Labute approximate surface area is 120 Å². The molecule has 0 aliphatic heterocycles. The SMILES string of the molecule is CCOc1ccc(C(=O)OC2CCCC(C)C2)cc1N. The highest BCUT2D eigenvalue weighted by Gasteiger charge is 2.23. The van der Waals surface area contributed by atoms with Crippen LogP contribution in [0.3, 0.4) is 0 Å². The van der Waals surface area contributed by atoms with Crippen molar-refractivity contribution < 1.29 is 14.3 Å². The Morgan fingerprint density at radius 3 is 2.85 bits per heavy atom. The molecule has 0 amide bonds. The minimum absolute atomic E-state index is 0.0408. The molecule has 20 heavy (non-hydrogen) atoms. The Bertz CT molecular complexity index is 473. The fourth-order valence-electron chi connectivity index (χ4n) is 2.67. The molecular weight excluding hydrogens is 254 g/mol. The van der Waals surface area contributed by atoms with Crippen molar-refractivity contribution >= 4 is 11.7 Å². The maximum absolute atomic E-state index is 12.1. The molecule has 2 rings (SSSR count). The van der Waals surface area contributed by atoms with E-state index in [0.717, 1.165) is 19.3 Å². The van der Waals surface area contributed by atoms with Crippen molar-refractivity contribution in [3.8, 4) is 5.75 Å². The van der Waals surface area contributed by atoms with Gasteiger partial charge in [0.1, 0.15) is 11.9 Å². The van der Waals surface area contributed by atoms with E-state index in [1.54, 1.807) is 18.2 Å². The number of esters is 1. The van der Waals surface area contributed by atoms with Crippen molar-refractivity contribution in [2.75, 3.05) is 12.3 Å². The molecule has 0 radical (unpaired) electrons. The van der Waals surface area contributed by atoms with Crippen LogP contribution in [-0.4, -0.2) is 18.7 Å². The van der Waals surface area contributed by atoms with Gasteiger partial charge in [0.25, 0.3) is 0 Å². The molecule has 4 heteroatoms. The van der Waals surface area contributed by atoms with Crippen LogP contribution in [0.2, 0.25) is 0 Å². The van der Waals surface area contributed by atoms with Crippen LogP contribution >= 0.6 is 0 Å². The predicted molar refractivity (Wildman–Crippen MR) is 78.9 cm³/mol. The molecule has 2 atom stereocenters. The van der Waals surface area contributed by atoms with Crippen LogP contribution in [0.5, 0.6) is 5.75 Å². The quantitative estimate of drug-likeness (QED) is 0.676. The molecule has 0 bridgehead atoms. The van der Waals surface area contributed by atoms with Crippen LogP contribution in [0.15, 0.2) is 18.2 Å². The molecule has 1 saturated carbocycles. The number of nitrogen functional groups attached to an aromatic ring is 1. The Balaban J connectivity index is 2.00. The summed E-state index contributed by atoms with van der Waals surface area (Å²) in [7, 11) is 0. The van der Waals surface area contributed by atoms with Gasteiger partial charge in [-0.25, -0.2) is 4.79 Å². The number of anilines is 1. The van der Waals surface area contributed by atoms with E-state index < -0.39 is 0 Å². The third kappa shape index (κ3) is 3.65. The molecule has 2 unspecified atom stereocenters. The van der Waals surface area contributed by atoms with Crippen LogP contribution in [0.1, 0.15) is 49.9 Å². The Kier molecular flexibility index (Phi) is 4.88. The summed E-state index contributed by atoms with van der Waals surface area (Å²) in [6.45, 7) is 4.65. The highest BCUT2D eigenvalue weighted by molar-refractivity contribution is 5.91. The normalized spacial score (nSPS) is 22.3. The molecule has 0 spiro atoms. The average Bonchev–Trinajstić information content (AvgIpc) is 2.41. The summed E-state index contributed by atoms with van der Waals surface area (Å²) in [5, 5.41) is 0. The summed E-state index contributed by atoms with van der Waals surface area (Å²) >= 11 is 0. The second-order valence-corrected chi connectivity index (χ2v) is 5.48. The van der Waals surface area contributed by atoms with Crippen LogP contribution in [0.25, 0.3) is 0 Å². The molecule has 1 aromatic rings. The van der Waals surface area contributed by atoms with Crippen molar-refractivity contribution in [3.05, 3.63) is 23.8 Å². The van der Waals surface area contributed by atoms with Crippen LogP contribution < -0.4 is 10.5 Å². The van der Waals surface area contributed by atoms with Crippen molar-refractivity contribution in [1.29, 1.82) is 0 Å². The van der Waals surface area contributed by atoms with E-state index >= 15 is 0 Å². The van der Waals surface area contributed by atoms with Crippen LogP contribution in [0, 0.1) is 5.92 Å². The van der Waals surface area contributed by atoms with Crippen LogP contribution in [-0.2, 0) is 4.74 Å². The first-order valence-corrected chi connectivity index (χ1v) is 7.33. The second-order valence-electron chi connectivity index (χ2n) is 5.48. The molecule has 1 fully saturated rings. The van der Waals surface area contributed by atoms with Gasteiger partial charge in [0.15, 0.2) is 0 Å². The molecule has 4 nitrogen and oxygen atoms in total. The summed E-state index contributed by atoms with van der Waals surface area (Å²) in [4.78, 5) is 12.1. The molecule has 0 saturated heterocycles. The summed E-state index contributed by atoms with van der Waals surface area (Å²) in [5.74, 6) is 0.945. The van der Waals surface area contributed by atoms with Gasteiger partial charge < -0.3 is 15.2 Å². The molecule has 0 heterocycles. The Hall–Kier alpha value is -1.71. The van der Waals surface area contributed by atoms with Gasteiger partial charge >= 0.3 is 5.97 Å². The standard InChI is InChI=1S/C16H23NO3/c1-3-19-15-8-7-12(10-14(15)17)16(18)20-13-6-4-5-11(2)9-13/h7-8,10-11,13H,3-6,9,17H2,1-2H3. The summed E-state index contributed by atoms with van der Waals surface area (Å²) < 4.78 is 10.9. The van der Waals surface area contributed by atoms with Crippen LogP contribution in [0.4, 0.5) is 5.69 Å². The zero-order chi connectivity index (χ0) is 14.5. The average molecular weight is 277 g/mol. The molecule has 2 N–H and O–H groups in total. The van der Waals surface area contributed by atoms with Gasteiger partial charge in [-0.2, -0.15) is 0 Å². The fourth-order valence-corrected chi connectivity index (χ4v) is 2.67. The van der Waals surface area contributed by atoms with Crippen molar-refractivity contribution in [2.24, 2.45) is 5.92 Å². The maximum atomic E-state index is 12.1. The van der Waals surface area contributed by atoms with Gasteiger partial charge in [-0.05, 0) is 50.3 Å². The van der Waals surface area contributed by atoms with Gasteiger partial charge in [0.2, 0.25) is 0 Å². The van der Waals surface area contributed by atoms with E-state index in [0.29, 0.717) is 29.5 Å². The number of rotatable bonds is 4. The van der Waals surface area contributed by atoms with E-state index in [4.69, 9.17) is 15.2 Å². The number of carbonyl (C=O) groups is 1. The van der Waals surface area contributed by atoms with Crippen molar-refractivity contribution in [3.63, 3.8) is 0 Å². The molecule has 1 aromatic carbocycles. The lowest BCUT2D eigenvalue weighted by Gasteiger charge is -2.26. The number of benzene rings is 1. The van der Waals surface area contributed by atoms with Gasteiger partial charge in [-0.3, -0.25) is 0 Å². The largest absolute Gasteiger partial charge is 0.492 e. The molecule has 110 valence electrons. The zero-order valence-electron chi connectivity index (χ0n) is 12.2. The fraction of sp³-hybridized carbons (Fsp3) is 0.562. The highest BCUT2D eigenvalue weighted by Crippen LogP contribution is 2.27. The second kappa shape index (κ2) is 6.64.